The number of nitrogens with one attached hydrogen (secondary N) is 1. The molecule has 2 unspecified atom stereocenters. The van der Waals surface area contributed by atoms with Crippen LogP contribution in [0.3, 0.4) is 0 Å². The summed E-state index contributed by atoms with van der Waals surface area (Å²) in [5, 5.41) is 16.2. The van der Waals surface area contributed by atoms with E-state index in [4.69, 9.17) is 4.74 Å². The number of rotatable bonds is 11. The quantitative estimate of drug-likeness (QED) is 0.283. The Balaban J connectivity index is 1.55. The second kappa shape index (κ2) is 14.8. The molecule has 2 atom stereocenters. The molecule has 0 saturated carbocycles. The smallest absolute Gasteiger partial charge is 0.334 e. The summed E-state index contributed by atoms with van der Waals surface area (Å²) in [5.74, 6) is 0.316. The van der Waals surface area contributed by atoms with Crippen LogP contribution in [0.15, 0.2) is 98.1 Å². The van der Waals surface area contributed by atoms with E-state index in [1.54, 1.807) is 56.2 Å². The molecule has 0 aliphatic carbocycles. The molecule has 10 heteroatoms. The first kappa shape index (κ1) is 34.3. The number of benzene rings is 3. The molecule has 2 aliphatic rings. The summed E-state index contributed by atoms with van der Waals surface area (Å²) in [6.07, 6.45) is 2.77. The van der Waals surface area contributed by atoms with E-state index in [1.807, 2.05) is 48.5 Å². The normalized spacial score (nSPS) is 18.4. The van der Waals surface area contributed by atoms with Crippen LogP contribution in [0.2, 0.25) is 0 Å². The van der Waals surface area contributed by atoms with Crippen LogP contribution in [-0.4, -0.2) is 81.2 Å². The Hall–Kier alpha value is -5.09. The Bertz CT molecular complexity index is 1640. The summed E-state index contributed by atoms with van der Waals surface area (Å²) in [5.41, 5.74) is 3.30. The van der Waals surface area contributed by atoms with E-state index in [0.29, 0.717) is 18.9 Å². The highest BCUT2D eigenvalue weighted by Crippen LogP contribution is 2.36. The second-order valence-electron chi connectivity index (χ2n) is 13.2. The Morgan fingerprint density at radius 3 is 2.38 bits per heavy atom. The monoisotopic (exact) mass is 651 g/mol. The van der Waals surface area contributed by atoms with Gasteiger partial charge in [0, 0.05) is 31.6 Å². The summed E-state index contributed by atoms with van der Waals surface area (Å²) >= 11 is 0. The van der Waals surface area contributed by atoms with Crippen molar-refractivity contribution in [3.8, 4) is 11.5 Å². The van der Waals surface area contributed by atoms with Crippen LogP contribution in [0.4, 0.5) is 4.79 Å². The highest BCUT2D eigenvalue weighted by Gasteiger charge is 2.51. The molecule has 2 fully saturated rings. The number of carbonyl (C=O) groups is 3. The molecule has 48 heavy (non-hydrogen) atoms. The Morgan fingerprint density at radius 2 is 1.71 bits per heavy atom. The van der Waals surface area contributed by atoms with Crippen LogP contribution >= 0.6 is 0 Å². The van der Waals surface area contributed by atoms with Crippen molar-refractivity contribution in [3.05, 3.63) is 120 Å². The number of piperazine rings is 1. The molecule has 2 saturated heterocycles. The molecular weight excluding hydrogens is 606 g/mol. The first-order chi connectivity index (χ1) is 23.0. The molecule has 3 aromatic carbocycles. The number of carbonyl (C=O) groups excluding carboxylic acids is 3. The molecule has 0 bridgehead atoms. The van der Waals surface area contributed by atoms with Crippen molar-refractivity contribution in [3.63, 3.8) is 0 Å². The topological polar surface area (TPSA) is 106 Å². The van der Waals surface area contributed by atoms with Crippen molar-refractivity contribution in [1.82, 2.24) is 25.1 Å². The number of phenolic OH excluding ortho intramolecular Hbond substituents is 1. The number of nitrogens with zero attached hydrogens (tertiary/aromatic N) is 4. The van der Waals surface area contributed by atoms with E-state index >= 15 is 0 Å². The maximum atomic E-state index is 14.5. The maximum Gasteiger partial charge on any atom is 0.334 e. The highest BCUT2D eigenvalue weighted by molar-refractivity contribution is 5.91. The zero-order chi connectivity index (χ0) is 34.4. The standard InChI is InChI=1S/C38H45N5O5/c1-6-20-41-26-34(45)42-32(22-27-16-18-30(44)19-17-27)36(46)40(24-29-14-11-15-31(38(3,4)5)35(29)48-21-7-2)25-33(42)43(41)37(47)39-23-28-12-9-8-10-13-28/h6-19,32-33,44H,1-2,20-26H2,3-5H3,(H,39,47). The van der Waals surface area contributed by atoms with Gasteiger partial charge in [-0.2, -0.15) is 0 Å². The lowest BCUT2D eigenvalue weighted by Crippen LogP contribution is -2.76. The van der Waals surface area contributed by atoms with E-state index in [0.717, 1.165) is 22.3 Å². The SMILES string of the molecule is C=CCOc1c(CN2CC3N(C(=O)CN(CC=C)N3C(=O)NCc3ccccc3)C(Cc3ccc(O)cc3)C2=O)cccc1C(C)(C)C. The summed E-state index contributed by atoms with van der Waals surface area (Å²) in [6.45, 7) is 15.1. The van der Waals surface area contributed by atoms with Crippen molar-refractivity contribution < 1.29 is 24.2 Å². The number of para-hydroxylation sites is 1. The largest absolute Gasteiger partial charge is 0.508 e. The Morgan fingerprint density at radius 1 is 0.979 bits per heavy atom. The van der Waals surface area contributed by atoms with Crippen molar-refractivity contribution in [2.24, 2.45) is 0 Å². The number of phenols is 1. The van der Waals surface area contributed by atoms with Gasteiger partial charge >= 0.3 is 6.03 Å². The van der Waals surface area contributed by atoms with Crippen LogP contribution < -0.4 is 10.1 Å². The summed E-state index contributed by atoms with van der Waals surface area (Å²) in [7, 11) is 0. The Kier molecular flexibility index (Phi) is 10.5. The van der Waals surface area contributed by atoms with Gasteiger partial charge in [0.1, 0.15) is 30.3 Å². The zero-order valence-electron chi connectivity index (χ0n) is 28.0. The average Bonchev–Trinajstić information content (AvgIpc) is 3.06. The van der Waals surface area contributed by atoms with Gasteiger partial charge in [-0.05, 0) is 34.2 Å². The first-order valence-corrected chi connectivity index (χ1v) is 16.2. The number of aromatic hydroxyl groups is 1. The molecule has 4 amide bonds. The summed E-state index contributed by atoms with van der Waals surface area (Å²) in [6, 6.07) is 20.9. The average molecular weight is 652 g/mol. The predicted molar refractivity (Wildman–Crippen MR) is 185 cm³/mol. The van der Waals surface area contributed by atoms with Crippen molar-refractivity contribution in [2.45, 2.75) is 57.9 Å². The summed E-state index contributed by atoms with van der Waals surface area (Å²) in [4.78, 5) is 45.7. The van der Waals surface area contributed by atoms with Gasteiger partial charge in [0.25, 0.3) is 0 Å². The maximum absolute atomic E-state index is 14.5. The van der Waals surface area contributed by atoms with Crippen LogP contribution in [0.1, 0.15) is 43.0 Å². The fourth-order valence-corrected chi connectivity index (χ4v) is 6.37. The molecule has 10 nitrogen and oxygen atoms in total. The summed E-state index contributed by atoms with van der Waals surface area (Å²) < 4.78 is 6.22. The molecule has 2 aliphatic heterocycles. The lowest BCUT2D eigenvalue weighted by molar-refractivity contribution is -0.189. The third kappa shape index (κ3) is 7.55. The number of amides is 4. The third-order valence-electron chi connectivity index (χ3n) is 8.64. The molecule has 5 rings (SSSR count). The molecule has 252 valence electrons. The number of ether oxygens (including phenoxy) is 1. The van der Waals surface area contributed by atoms with Gasteiger partial charge in [0.05, 0.1) is 13.1 Å². The minimum atomic E-state index is -0.889. The molecular formula is C38H45N5O5. The van der Waals surface area contributed by atoms with Crippen LogP contribution in [0.25, 0.3) is 0 Å². The van der Waals surface area contributed by atoms with Gasteiger partial charge in [-0.3, -0.25) is 9.59 Å². The molecule has 2 N–H and O–H groups in total. The van der Waals surface area contributed by atoms with Gasteiger partial charge < -0.3 is 25.0 Å². The van der Waals surface area contributed by atoms with E-state index in [2.05, 4.69) is 39.2 Å². The van der Waals surface area contributed by atoms with Crippen LogP contribution in [-0.2, 0) is 34.5 Å². The second-order valence-corrected chi connectivity index (χ2v) is 13.2. The minimum Gasteiger partial charge on any atom is -0.508 e. The van der Waals surface area contributed by atoms with Gasteiger partial charge in [-0.15, -0.1) is 6.58 Å². The van der Waals surface area contributed by atoms with E-state index in [-0.39, 0.29) is 61.6 Å². The fourth-order valence-electron chi connectivity index (χ4n) is 6.37. The van der Waals surface area contributed by atoms with Crippen LogP contribution in [0.5, 0.6) is 11.5 Å². The molecule has 0 radical (unpaired) electrons. The Labute approximate surface area is 282 Å². The predicted octanol–water partition coefficient (Wildman–Crippen LogP) is 4.99. The lowest BCUT2D eigenvalue weighted by atomic mass is 9.85. The number of hydrogen-bond acceptors (Lipinski definition) is 6. The molecule has 2 heterocycles. The van der Waals surface area contributed by atoms with Gasteiger partial charge in [-0.1, -0.05) is 100 Å². The van der Waals surface area contributed by atoms with E-state index < -0.39 is 12.2 Å². The zero-order valence-corrected chi connectivity index (χ0v) is 28.0. The van der Waals surface area contributed by atoms with Gasteiger partial charge in [-0.25, -0.2) is 14.8 Å². The first-order valence-electron chi connectivity index (χ1n) is 16.2. The van der Waals surface area contributed by atoms with E-state index in [1.165, 1.54) is 0 Å². The van der Waals surface area contributed by atoms with Crippen molar-refractivity contribution in [2.75, 3.05) is 26.2 Å². The minimum absolute atomic E-state index is 0.0870. The fraction of sp³-hybridized carbons (Fsp3) is 0.342. The molecule has 0 aromatic heterocycles. The number of urea groups is 1. The van der Waals surface area contributed by atoms with Gasteiger partial charge in [0.15, 0.2) is 0 Å². The molecule has 3 aromatic rings. The van der Waals surface area contributed by atoms with Crippen LogP contribution in [0, 0.1) is 0 Å². The van der Waals surface area contributed by atoms with Gasteiger partial charge in [0.2, 0.25) is 11.8 Å². The van der Waals surface area contributed by atoms with Crippen molar-refractivity contribution in [1.29, 1.82) is 0 Å². The third-order valence-corrected chi connectivity index (χ3v) is 8.64. The van der Waals surface area contributed by atoms with E-state index in [9.17, 15) is 19.5 Å². The highest BCUT2D eigenvalue weighted by atomic mass is 16.5. The number of fused-ring (bicyclic) bond motifs is 1. The number of hydrazine groups is 1. The molecule has 0 spiro atoms. The van der Waals surface area contributed by atoms with Crippen molar-refractivity contribution >= 4 is 17.8 Å². The number of hydrogen-bond donors (Lipinski definition) is 2. The lowest BCUT2D eigenvalue weighted by Gasteiger charge is -2.55.